The van der Waals surface area contributed by atoms with E-state index in [4.69, 9.17) is 14.8 Å². The Labute approximate surface area is 170 Å². The van der Waals surface area contributed by atoms with Crippen molar-refractivity contribution in [2.24, 2.45) is 0 Å². The highest BCUT2D eigenvalue weighted by Crippen LogP contribution is 2.41. The van der Waals surface area contributed by atoms with Crippen molar-refractivity contribution in [3.63, 3.8) is 0 Å². The van der Waals surface area contributed by atoms with E-state index >= 15 is 0 Å². The fourth-order valence-electron chi connectivity index (χ4n) is 5.21. The molecule has 3 aliphatic heterocycles. The zero-order valence-electron chi connectivity index (χ0n) is 16.6. The molecule has 6 heteroatoms. The molecule has 6 nitrogen and oxygen atoms in total. The molecule has 5 heterocycles. The Bertz CT molecular complexity index is 1000. The van der Waals surface area contributed by atoms with Crippen LogP contribution in [0.15, 0.2) is 42.7 Å². The summed E-state index contributed by atoms with van der Waals surface area (Å²) in [5.41, 5.74) is 3.89. The number of aromatic nitrogens is 4. The topological polar surface area (TPSA) is 56.9 Å². The third-order valence-corrected chi connectivity index (χ3v) is 6.76. The molecule has 2 atom stereocenters. The van der Waals surface area contributed by atoms with Crippen LogP contribution < -0.4 is 5.32 Å². The molecular formula is C23H27N5O. The van der Waals surface area contributed by atoms with Gasteiger partial charge in [0.15, 0.2) is 0 Å². The maximum Gasteiger partial charge on any atom is 0.130 e. The standard InChI is InChI=1S/C23H27N5O/c1-2-4-16(5-3-1)21-8-9-22-25-20-7-6-19(26-23(20)28(21)22)17-14-24-27(15-17)18-10-12-29-13-11-18/h1-5,14-15,18-19,21,26H,6-13H2/t19-,21?/m1/s1. The van der Waals surface area contributed by atoms with Crippen LogP contribution in [0.25, 0.3) is 0 Å². The number of nitrogens with one attached hydrogen (secondary N) is 1. The molecule has 0 amide bonds. The molecule has 6 rings (SSSR count). The molecule has 1 saturated heterocycles. The lowest BCUT2D eigenvalue weighted by atomic mass is 9.99. The molecule has 1 N–H and O–H groups in total. The van der Waals surface area contributed by atoms with Crippen LogP contribution in [0.4, 0.5) is 5.82 Å². The zero-order valence-corrected chi connectivity index (χ0v) is 16.6. The first-order chi connectivity index (χ1) is 14.4. The second-order valence-corrected chi connectivity index (χ2v) is 8.49. The highest BCUT2D eigenvalue weighted by molar-refractivity contribution is 5.51. The van der Waals surface area contributed by atoms with Crippen LogP contribution in [0.5, 0.6) is 0 Å². The maximum absolute atomic E-state index is 5.50. The lowest BCUT2D eigenvalue weighted by Crippen LogP contribution is -2.21. The van der Waals surface area contributed by atoms with E-state index in [1.54, 1.807) is 0 Å². The van der Waals surface area contributed by atoms with E-state index in [1.807, 2.05) is 6.20 Å². The largest absolute Gasteiger partial charge is 0.381 e. The first-order valence-corrected chi connectivity index (χ1v) is 10.9. The summed E-state index contributed by atoms with van der Waals surface area (Å²) in [6.07, 6.45) is 10.7. The second kappa shape index (κ2) is 7.02. The van der Waals surface area contributed by atoms with E-state index in [9.17, 15) is 0 Å². The molecule has 150 valence electrons. The normalized spacial score (nSPS) is 24.1. The minimum absolute atomic E-state index is 0.300. The second-order valence-electron chi connectivity index (χ2n) is 8.49. The molecule has 2 aromatic heterocycles. The van der Waals surface area contributed by atoms with E-state index in [1.165, 1.54) is 28.5 Å². The summed E-state index contributed by atoms with van der Waals surface area (Å²) in [4.78, 5) is 4.98. The molecule has 0 bridgehead atoms. The summed E-state index contributed by atoms with van der Waals surface area (Å²) >= 11 is 0. The number of aryl methyl sites for hydroxylation is 2. The Balaban J connectivity index is 1.28. The summed E-state index contributed by atoms with van der Waals surface area (Å²) in [7, 11) is 0. The third kappa shape index (κ3) is 2.97. The molecule has 0 spiro atoms. The van der Waals surface area contributed by atoms with Gasteiger partial charge in [0.05, 0.1) is 30.0 Å². The van der Waals surface area contributed by atoms with Crippen LogP contribution in [0.3, 0.4) is 0 Å². The van der Waals surface area contributed by atoms with Gasteiger partial charge in [-0.3, -0.25) is 4.68 Å². The van der Waals surface area contributed by atoms with E-state index in [-0.39, 0.29) is 0 Å². The molecule has 0 aliphatic carbocycles. The third-order valence-electron chi connectivity index (χ3n) is 6.76. The van der Waals surface area contributed by atoms with Gasteiger partial charge in [-0.25, -0.2) is 4.98 Å². The van der Waals surface area contributed by atoms with Crippen LogP contribution in [0, 0.1) is 0 Å². The number of nitrogens with zero attached hydrogens (tertiary/aromatic N) is 4. The number of ether oxygens (including phenoxy) is 1. The number of imidazole rings is 1. The Kier molecular flexibility index (Phi) is 4.18. The maximum atomic E-state index is 5.50. The van der Waals surface area contributed by atoms with Gasteiger partial charge in [-0.1, -0.05) is 30.3 Å². The van der Waals surface area contributed by atoms with Gasteiger partial charge in [-0.2, -0.15) is 5.10 Å². The van der Waals surface area contributed by atoms with Crippen molar-refractivity contribution >= 4 is 5.82 Å². The van der Waals surface area contributed by atoms with Crippen LogP contribution in [0.1, 0.15) is 66.5 Å². The Morgan fingerprint density at radius 2 is 1.83 bits per heavy atom. The number of hydrogen-bond acceptors (Lipinski definition) is 4. The molecule has 0 saturated carbocycles. The van der Waals surface area contributed by atoms with Gasteiger partial charge in [-0.15, -0.1) is 0 Å². The summed E-state index contributed by atoms with van der Waals surface area (Å²) in [5.74, 6) is 2.45. The van der Waals surface area contributed by atoms with Gasteiger partial charge in [0, 0.05) is 31.4 Å². The average molecular weight is 390 g/mol. The van der Waals surface area contributed by atoms with E-state index in [0.717, 1.165) is 51.7 Å². The highest BCUT2D eigenvalue weighted by atomic mass is 16.5. The van der Waals surface area contributed by atoms with Crippen molar-refractivity contribution in [2.45, 2.75) is 56.7 Å². The van der Waals surface area contributed by atoms with Crippen molar-refractivity contribution in [3.05, 3.63) is 65.4 Å². The summed E-state index contributed by atoms with van der Waals surface area (Å²) < 4.78 is 10.1. The number of fused-ring (bicyclic) bond motifs is 3. The summed E-state index contributed by atoms with van der Waals surface area (Å²) in [6.45, 7) is 1.68. The lowest BCUT2D eigenvalue weighted by Gasteiger charge is -2.27. The molecule has 1 aromatic carbocycles. The molecule has 0 radical (unpaired) electrons. The molecule has 3 aliphatic rings. The fourth-order valence-corrected chi connectivity index (χ4v) is 5.21. The van der Waals surface area contributed by atoms with Gasteiger partial charge >= 0.3 is 0 Å². The number of hydrogen-bond donors (Lipinski definition) is 1. The van der Waals surface area contributed by atoms with E-state index in [2.05, 4.69) is 51.1 Å². The SMILES string of the molecule is c1ccc(C2CCc3nc4c(n32)N[C@@H](c2cnn(C3CCOCC3)c2)CC4)cc1. The predicted octanol–water partition coefficient (Wildman–Crippen LogP) is 4.07. The van der Waals surface area contributed by atoms with Crippen LogP contribution >= 0.6 is 0 Å². The van der Waals surface area contributed by atoms with Gasteiger partial charge in [0.1, 0.15) is 11.6 Å². The monoisotopic (exact) mass is 389 g/mol. The van der Waals surface area contributed by atoms with Crippen molar-refractivity contribution in [2.75, 3.05) is 18.5 Å². The van der Waals surface area contributed by atoms with Crippen LogP contribution in [-0.4, -0.2) is 32.5 Å². The summed E-state index contributed by atoms with van der Waals surface area (Å²) in [6, 6.07) is 12.0. The highest BCUT2D eigenvalue weighted by Gasteiger charge is 2.33. The smallest absolute Gasteiger partial charge is 0.130 e. The van der Waals surface area contributed by atoms with Gasteiger partial charge in [-0.05, 0) is 37.7 Å². The Hall–Kier alpha value is -2.60. The van der Waals surface area contributed by atoms with Crippen LogP contribution in [-0.2, 0) is 17.6 Å². The van der Waals surface area contributed by atoms with Crippen molar-refractivity contribution in [3.8, 4) is 0 Å². The number of benzene rings is 1. The van der Waals surface area contributed by atoms with E-state index < -0.39 is 0 Å². The van der Waals surface area contributed by atoms with Gasteiger partial charge < -0.3 is 14.6 Å². The quantitative estimate of drug-likeness (QED) is 0.734. The van der Waals surface area contributed by atoms with Crippen molar-refractivity contribution < 1.29 is 4.74 Å². The lowest BCUT2D eigenvalue weighted by molar-refractivity contribution is 0.0662. The molecule has 29 heavy (non-hydrogen) atoms. The Morgan fingerprint density at radius 3 is 2.69 bits per heavy atom. The Morgan fingerprint density at radius 1 is 0.966 bits per heavy atom. The van der Waals surface area contributed by atoms with Gasteiger partial charge in [0.2, 0.25) is 0 Å². The van der Waals surface area contributed by atoms with Crippen LogP contribution in [0.2, 0.25) is 0 Å². The molecule has 1 unspecified atom stereocenters. The number of anilines is 1. The predicted molar refractivity (Wildman–Crippen MR) is 111 cm³/mol. The fraction of sp³-hybridized carbons (Fsp3) is 0.478. The molecule has 3 aromatic rings. The van der Waals surface area contributed by atoms with Crippen molar-refractivity contribution in [1.29, 1.82) is 0 Å². The minimum Gasteiger partial charge on any atom is -0.381 e. The number of rotatable bonds is 3. The first-order valence-electron chi connectivity index (χ1n) is 10.9. The van der Waals surface area contributed by atoms with E-state index in [0.29, 0.717) is 18.1 Å². The average Bonchev–Trinajstić information content (AvgIpc) is 3.50. The van der Waals surface area contributed by atoms with Crippen molar-refractivity contribution in [1.82, 2.24) is 19.3 Å². The van der Waals surface area contributed by atoms with Gasteiger partial charge in [0.25, 0.3) is 0 Å². The zero-order chi connectivity index (χ0) is 19.2. The molecular weight excluding hydrogens is 362 g/mol. The molecule has 1 fully saturated rings. The summed E-state index contributed by atoms with van der Waals surface area (Å²) in [5, 5.41) is 8.52. The first kappa shape index (κ1) is 17.3. The minimum atomic E-state index is 0.300.